The topological polar surface area (TPSA) is 64.4 Å². The Balaban J connectivity index is 2.52. The van der Waals surface area contributed by atoms with Gasteiger partial charge in [-0.25, -0.2) is 4.79 Å². The number of aryl methyl sites for hydroxylation is 1. The van der Waals surface area contributed by atoms with Crippen LogP contribution in [0.15, 0.2) is 0 Å². The van der Waals surface area contributed by atoms with Crippen LogP contribution in [0.5, 0.6) is 0 Å². The van der Waals surface area contributed by atoms with Crippen molar-refractivity contribution in [2.75, 3.05) is 6.61 Å². The van der Waals surface area contributed by atoms with Gasteiger partial charge in [0, 0.05) is 24.2 Å². The van der Waals surface area contributed by atoms with Gasteiger partial charge in [-0.3, -0.25) is 4.68 Å². The van der Waals surface area contributed by atoms with E-state index in [4.69, 9.17) is 9.84 Å². The molecular weight excluding hydrogens is 184 g/mol. The van der Waals surface area contributed by atoms with Crippen LogP contribution in [0.1, 0.15) is 28.7 Å². The molecule has 0 aromatic carbocycles. The Bertz CT molecular complexity index is 370. The molecule has 0 unspecified atom stereocenters. The predicted octanol–water partition coefficient (Wildman–Crippen LogP) is 0.674. The molecule has 1 aromatic rings. The lowest BCUT2D eigenvalue weighted by Crippen LogP contribution is -2.13. The Morgan fingerprint density at radius 2 is 2.50 bits per heavy atom. The Labute approximate surface area is 81.3 Å². The molecule has 76 valence electrons. The number of ether oxygens (including phenoxy) is 1. The second-order valence-electron chi connectivity index (χ2n) is 3.20. The molecule has 0 bridgehead atoms. The molecule has 1 N–H and O–H groups in total. The zero-order chi connectivity index (χ0) is 10.1. The Hall–Kier alpha value is -1.36. The van der Waals surface area contributed by atoms with Crippen LogP contribution in [0, 0.1) is 0 Å². The van der Waals surface area contributed by atoms with Crippen molar-refractivity contribution in [3.05, 3.63) is 17.0 Å². The van der Waals surface area contributed by atoms with Gasteiger partial charge < -0.3 is 9.84 Å². The Morgan fingerprint density at radius 3 is 3.14 bits per heavy atom. The minimum atomic E-state index is -0.973. The molecule has 0 spiro atoms. The molecule has 1 aromatic heterocycles. The molecule has 1 aliphatic heterocycles. The van der Waals surface area contributed by atoms with Gasteiger partial charge in [-0.1, -0.05) is 0 Å². The summed E-state index contributed by atoms with van der Waals surface area (Å²) in [6, 6.07) is 0. The van der Waals surface area contributed by atoms with Crippen molar-refractivity contribution in [3.8, 4) is 0 Å². The van der Waals surface area contributed by atoms with E-state index in [1.165, 1.54) is 0 Å². The maximum absolute atomic E-state index is 10.9. The molecule has 5 nitrogen and oxygen atoms in total. The Kier molecular flexibility index (Phi) is 2.25. The van der Waals surface area contributed by atoms with Gasteiger partial charge in [-0.15, -0.1) is 0 Å². The summed E-state index contributed by atoms with van der Waals surface area (Å²) in [5.74, 6) is -0.973. The third kappa shape index (κ3) is 1.29. The molecule has 0 fully saturated rings. The average molecular weight is 196 g/mol. The number of rotatable bonds is 2. The SMILES string of the molecule is CCn1nc(C(=O)O)c2c1CCOC2. The van der Waals surface area contributed by atoms with Crippen molar-refractivity contribution in [2.24, 2.45) is 0 Å². The highest BCUT2D eigenvalue weighted by molar-refractivity contribution is 5.87. The summed E-state index contributed by atoms with van der Waals surface area (Å²) in [4.78, 5) is 10.9. The number of fused-ring (bicyclic) bond motifs is 1. The van der Waals surface area contributed by atoms with E-state index >= 15 is 0 Å². The zero-order valence-corrected chi connectivity index (χ0v) is 7.99. The van der Waals surface area contributed by atoms with Gasteiger partial charge in [0.1, 0.15) is 0 Å². The van der Waals surface area contributed by atoms with Crippen LogP contribution in [0.2, 0.25) is 0 Å². The van der Waals surface area contributed by atoms with Crippen molar-refractivity contribution in [3.63, 3.8) is 0 Å². The van der Waals surface area contributed by atoms with E-state index < -0.39 is 5.97 Å². The minimum absolute atomic E-state index is 0.140. The Morgan fingerprint density at radius 1 is 1.71 bits per heavy atom. The molecule has 1 aliphatic rings. The maximum atomic E-state index is 10.9. The summed E-state index contributed by atoms with van der Waals surface area (Å²) < 4.78 is 6.98. The summed E-state index contributed by atoms with van der Waals surface area (Å²) in [5, 5.41) is 13.0. The molecule has 0 atom stereocenters. The van der Waals surface area contributed by atoms with Crippen LogP contribution in [0.25, 0.3) is 0 Å². The largest absolute Gasteiger partial charge is 0.476 e. The summed E-state index contributed by atoms with van der Waals surface area (Å²) in [6.07, 6.45) is 0.753. The van der Waals surface area contributed by atoms with Crippen LogP contribution in [0.3, 0.4) is 0 Å². The quantitative estimate of drug-likeness (QED) is 0.755. The standard InChI is InChI=1S/C9H12N2O3/c1-2-11-7-3-4-14-5-6(7)8(10-11)9(12)13/h2-5H2,1H3,(H,12,13). The minimum Gasteiger partial charge on any atom is -0.476 e. The van der Waals surface area contributed by atoms with Crippen molar-refractivity contribution < 1.29 is 14.6 Å². The van der Waals surface area contributed by atoms with Gasteiger partial charge in [0.2, 0.25) is 0 Å². The second kappa shape index (κ2) is 3.42. The van der Waals surface area contributed by atoms with Gasteiger partial charge in [-0.05, 0) is 6.92 Å². The van der Waals surface area contributed by atoms with Gasteiger partial charge >= 0.3 is 5.97 Å². The number of hydrogen-bond acceptors (Lipinski definition) is 3. The molecule has 14 heavy (non-hydrogen) atoms. The fourth-order valence-electron chi connectivity index (χ4n) is 1.74. The molecule has 2 heterocycles. The van der Waals surface area contributed by atoms with Crippen molar-refractivity contribution in [2.45, 2.75) is 26.5 Å². The average Bonchev–Trinajstić information content (AvgIpc) is 2.56. The third-order valence-corrected chi connectivity index (χ3v) is 2.40. The molecule has 0 amide bonds. The van der Waals surface area contributed by atoms with E-state index in [9.17, 15) is 4.79 Å². The summed E-state index contributed by atoms with van der Waals surface area (Å²) in [7, 11) is 0. The normalized spacial score (nSPS) is 15.2. The van der Waals surface area contributed by atoms with Crippen LogP contribution < -0.4 is 0 Å². The van der Waals surface area contributed by atoms with Gasteiger partial charge in [-0.2, -0.15) is 5.10 Å². The van der Waals surface area contributed by atoms with Crippen LogP contribution in [-0.2, 0) is 24.3 Å². The molecule has 0 saturated carbocycles. The maximum Gasteiger partial charge on any atom is 0.356 e. The molecule has 2 rings (SSSR count). The molecular formula is C9H12N2O3. The lowest BCUT2D eigenvalue weighted by Gasteiger charge is -2.13. The van der Waals surface area contributed by atoms with Gasteiger partial charge in [0.15, 0.2) is 5.69 Å². The number of aromatic nitrogens is 2. The molecule has 0 radical (unpaired) electrons. The smallest absolute Gasteiger partial charge is 0.356 e. The van der Waals surface area contributed by atoms with E-state index in [0.717, 1.165) is 17.7 Å². The number of hydrogen-bond donors (Lipinski definition) is 1. The lowest BCUT2D eigenvalue weighted by atomic mass is 10.1. The number of aromatic carboxylic acids is 1. The highest BCUT2D eigenvalue weighted by Gasteiger charge is 2.24. The predicted molar refractivity (Wildman–Crippen MR) is 48.2 cm³/mol. The third-order valence-electron chi connectivity index (χ3n) is 2.40. The van der Waals surface area contributed by atoms with Crippen molar-refractivity contribution in [1.82, 2.24) is 9.78 Å². The zero-order valence-electron chi connectivity index (χ0n) is 7.99. The molecule has 0 aliphatic carbocycles. The first kappa shape index (κ1) is 9.21. The van der Waals surface area contributed by atoms with E-state index in [1.807, 2.05) is 6.92 Å². The van der Waals surface area contributed by atoms with Gasteiger partial charge in [0.25, 0.3) is 0 Å². The lowest BCUT2D eigenvalue weighted by molar-refractivity contribution is 0.0677. The number of nitrogens with zero attached hydrogens (tertiary/aromatic N) is 2. The molecule has 0 saturated heterocycles. The van der Waals surface area contributed by atoms with E-state index in [0.29, 0.717) is 19.8 Å². The van der Waals surface area contributed by atoms with E-state index in [-0.39, 0.29) is 5.69 Å². The van der Waals surface area contributed by atoms with Crippen LogP contribution >= 0.6 is 0 Å². The summed E-state index contributed by atoms with van der Waals surface area (Å²) in [6.45, 7) is 3.68. The first-order chi connectivity index (χ1) is 6.74. The summed E-state index contributed by atoms with van der Waals surface area (Å²) >= 11 is 0. The second-order valence-corrected chi connectivity index (χ2v) is 3.20. The fraction of sp³-hybridized carbons (Fsp3) is 0.556. The van der Waals surface area contributed by atoms with Gasteiger partial charge in [0.05, 0.1) is 13.2 Å². The monoisotopic (exact) mass is 196 g/mol. The number of carbonyl (C=O) groups is 1. The highest BCUT2D eigenvalue weighted by atomic mass is 16.5. The van der Waals surface area contributed by atoms with E-state index in [1.54, 1.807) is 4.68 Å². The number of carboxylic acid groups (broad SMARTS) is 1. The fourth-order valence-corrected chi connectivity index (χ4v) is 1.74. The van der Waals surface area contributed by atoms with E-state index in [2.05, 4.69) is 5.10 Å². The highest BCUT2D eigenvalue weighted by Crippen LogP contribution is 2.20. The summed E-state index contributed by atoms with van der Waals surface area (Å²) in [5.41, 5.74) is 1.89. The first-order valence-corrected chi connectivity index (χ1v) is 4.63. The number of carboxylic acids is 1. The van der Waals surface area contributed by atoms with Crippen molar-refractivity contribution >= 4 is 5.97 Å². The van der Waals surface area contributed by atoms with Crippen LogP contribution in [-0.4, -0.2) is 27.5 Å². The van der Waals surface area contributed by atoms with Crippen LogP contribution in [0.4, 0.5) is 0 Å². The molecule has 5 heteroatoms. The van der Waals surface area contributed by atoms with Crippen molar-refractivity contribution in [1.29, 1.82) is 0 Å². The first-order valence-electron chi connectivity index (χ1n) is 4.63.